The van der Waals surface area contributed by atoms with Crippen molar-refractivity contribution < 1.29 is 4.42 Å². The fraction of sp³-hybridized carbons (Fsp3) is 0.333. The van der Waals surface area contributed by atoms with E-state index in [1.54, 1.807) is 17.6 Å². The van der Waals surface area contributed by atoms with E-state index >= 15 is 0 Å². The molecule has 2 aromatic rings. The molecule has 0 bridgehead atoms. The Morgan fingerprint density at radius 3 is 2.73 bits per heavy atom. The number of nitrogens with one attached hydrogen (secondary N) is 1. The molecule has 0 aliphatic carbocycles. The van der Waals surface area contributed by atoms with Crippen LogP contribution < -0.4 is 5.32 Å². The van der Waals surface area contributed by atoms with Crippen LogP contribution >= 0.6 is 11.3 Å². The first kappa shape index (κ1) is 10.5. The maximum Gasteiger partial charge on any atom is 0.120 e. The lowest BCUT2D eigenvalue weighted by Gasteiger charge is -2.17. The molecule has 0 aliphatic heterocycles. The Labute approximate surface area is 93.9 Å². The standard InChI is InChI=1S/C12H15NOS/c1-9(11-5-7-15-8-11)13-10(2)12-4-3-6-14-12/h3-10,13H,1-2H3. The molecule has 0 saturated carbocycles. The Hall–Kier alpha value is -1.06. The molecule has 0 fully saturated rings. The SMILES string of the molecule is CC(NC(C)c1ccco1)c1ccsc1. The molecular formula is C12H15NOS. The molecule has 0 aliphatic rings. The summed E-state index contributed by atoms with van der Waals surface area (Å²) >= 11 is 1.73. The molecule has 3 heteroatoms. The van der Waals surface area contributed by atoms with Crippen LogP contribution in [0.5, 0.6) is 0 Å². The summed E-state index contributed by atoms with van der Waals surface area (Å²) in [6, 6.07) is 6.67. The Balaban J connectivity index is 1.98. The van der Waals surface area contributed by atoms with Crippen molar-refractivity contribution >= 4 is 11.3 Å². The van der Waals surface area contributed by atoms with Gasteiger partial charge >= 0.3 is 0 Å². The van der Waals surface area contributed by atoms with Crippen molar-refractivity contribution in [1.82, 2.24) is 5.32 Å². The average Bonchev–Trinajstić information content (AvgIpc) is 2.91. The van der Waals surface area contributed by atoms with E-state index in [1.165, 1.54) is 5.56 Å². The van der Waals surface area contributed by atoms with Crippen molar-refractivity contribution in [1.29, 1.82) is 0 Å². The molecule has 2 unspecified atom stereocenters. The third-order valence-corrected chi connectivity index (χ3v) is 3.21. The van der Waals surface area contributed by atoms with Gasteiger partial charge in [0.15, 0.2) is 0 Å². The van der Waals surface area contributed by atoms with Gasteiger partial charge in [0.2, 0.25) is 0 Å². The fourth-order valence-electron chi connectivity index (χ4n) is 1.61. The highest BCUT2D eigenvalue weighted by Gasteiger charge is 2.12. The second-order valence-electron chi connectivity index (χ2n) is 3.68. The van der Waals surface area contributed by atoms with Crippen LogP contribution in [0.15, 0.2) is 39.6 Å². The summed E-state index contributed by atoms with van der Waals surface area (Å²) in [4.78, 5) is 0. The number of furan rings is 1. The highest BCUT2D eigenvalue weighted by atomic mass is 32.1. The lowest BCUT2D eigenvalue weighted by Crippen LogP contribution is -2.21. The molecule has 2 aromatic heterocycles. The summed E-state index contributed by atoms with van der Waals surface area (Å²) in [5, 5.41) is 7.77. The number of rotatable bonds is 4. The zero-order valence-corrected chi connectivity index (χ0v) is 9.75. The van der Waals surface area contributed by atoms with Gasteiger partial charge in [-0.05, 0) is 48.4 Å². The minimum Gasteiger partial charge on any atom is -0.468 e. The summed E-state index contributed by atoms with van der Waals surface area (Å²) in [6.07, 6.45) is 1.71. The van der Waals surface area contributed by atoms with Crippen LogP contribution in [-0.2, 0) is 0 Å². The summed E-state index contributed by atoms with van der Waals surface area (Å²) in [6.45, 7) is 4.28. The van der Waals surface area contributed by atoms with Gasteiger partial charge in [-0.2, -0.15) is 11.3 Å². The second kappa shape index (κ2) is 4.64. The molecular weight excluding hydrogens is 206 g/mol. The largest absolute Gasteiger partial charge is 0.468 e. The summed E-state index contributed by atoms with van der Waals surface area (Å²) in [7, 11) is 0. The van der Waals surface area contributed by atoms with Crippen molar-refractivity contribution in [2.75, 3.05) is 0 Å². The van der Waals surface area contributed by atoms with E-state index in [0.717, 1.165) is 5.76 Å². The van der Waals surface area contributed by atoms with Crippen LogP contribution in [0, 0.1) is 0 Å². The first-order valence-electron chi connectivity index (χ1n) is 5.09. The van der Waals surface area contributed by atoms with Crippen LogP contribution in [0.2, 0.25) is 0 Å². The van der Waals surface area contributed by atoms with Gasteiger partial charge in [0.25, 0.3) is 0 Å². The smallest absolute Gasteiger partial charge is 0.120 e. The summed E-state index contributed by atoms with van der Waals surface area (Å²) in [5.41, 5.74) is 1.33. The van der Waals surface area contributed by atoms with Gasteiger partial charge in [0.1, 0.15) is 5.76 Å². The molecule has 0 amide bonds. The monoisotopic (exact) mass is 221 g/mol. The van der Waals surface area contributed by atoms with E-state index in [0.29, 0.717) is 6.04 Å². The van der Waals surface area contributed by atoms with E-state index in [9.17, 15) is 0 Å². The second-order valence-corrected chi connectivity index (χ2v) is 4.46. The maximum absolute atomic E-state index is 5.35. The zero-order chi connectivity index (χ0) is 10.7. The van der Waals surface area contributed by atoms with E-state index in [2.05, 4.69) is 36.0 Å². The van der Waals surface area contributed by atoms with Gasteiger partial charge in [0.05, 0.1) is 12.3 Å². The zero-order valence-electron chi connectivity index (χ0n) is 8.94. The van der Waals surface area contributed by atoms with E-state index in [1.807, 2.05) is 12.1 Å². The van der Waals surface area contributed by atoms with Crippen molar-refractivity contribution in [3.05, 3.63) is 46.5 Å². The van der Waals surface area contributed by atoms with Gasteiger partial charge in [-0.3, -0.25) is 0 Å². The predicted molar refractivity (Wildman–Crippen MR) is 63.0 cm³/mol. The molecule has 2 nitrogen and oxygen atoms in total. The van der Waals surface area contributed by atoms with Crippen LogP contribution in [-0.4, -0.2) is 0 Å². The first-order chi connectivity index (χ1) is 7.27. The Bertz CT molecular complexity index is 341. The van der Waals surface area contributed by atoms with Gasteiger partial charge in [-0.15, -0.1) is 0 Å². The lowest BCUT2D eigenvalue weighted by molar-refractivity contribution is 0.403. The normalized spacial score (nSPS) is 15.1. The average molecular weight is 221 g/mol. The molecule has 80 valence electrons. The van der Waals surface area contributed by atoms with Gasteiger partial charge in [-0.25, -0.2) is 0 Å². The third-order valence-electron chi connectivity index (χ3n) is 2.51. The number of hydrogen-bond donors (Lipinski definition) is 1. The predicted octanol–water partition coefficient (Wildman–Crippen LogP) is 3.75. The van der Waals surface area contributed by atoms with Crippen LogP contribution in [0.4, 0.5) is 0 Å². The van der Waals surface area contributed by atoms with E-state index < -0.39 is 0 Å². The fourth-order valence-corrected chi connectivity index (χ4v) is 2.37. The number of hydrogen-bond acceptors (Lipinski definition) is 3. The molecule has 2 atom stereocenters. The summed E-state index contributed by atoms with van der Waals surface area (Å²) in [5.74, 6) is 0.983. The molecule has 1 N–H and O–H groups in total. The topological polar surface area (TPSA) is 25.2 Å². The third kappa shape index (κ3) is 2.49. The van der Waals surface area contributed by atoms with Crippen molar-refractivity contribution in [2.24, 2.45) is 0 Å². The summed E-state index contributed by atoms with van der Waals surface area (Å²) < 4.78 is 5.35. The minimum atomic E-state index is 0.245. The Morgan fingerprint density at radius 1 is 1.27 bits per heavy atom. The maximum atomic E-state index is 5.35. The van der Waals surface area contributed by atoms with Gasteiger partial charge in [0, 0.05) is 6.04 Å². The van der Waals surface area contributed by atoms with Crippen molar-refractivity contribution in [3.63, 3.8) is 0 Å². The minimum absolute atomic E-state index is 0.245. The first-order valence-corrected chi connectivity index (χ1v) is 6.03. The molecule has 15 heavy (non-hydrogen) atoms. The highest BCUT2D eigenvalue weighted by Crippen LogP contribution is 2.20. The Morgan fingerprint density at radius 2 is 2.13 bits per heavy atom. The van der Waals surface area contributed by atoms with Crippen molar-refractivity contribution in [3.8, 4) is 0 Å². The number of thiophene rings is 1. The molecule has 0 aromatic carbocycles. The van der Waals surface area contributed by atoms with Gasteiger partial charge < -0.3 is 9.73 Å². The molecule has 0 spiro atoms. The molecule has 0 saturated heterocycles. The quantitative estimate of drug-likeness (QED) is 0.850. The van der Waals surface area contributed by atoms with Crippen LogP contribution in [0.3, 0.4) is 0 Å². The van der Waals surface area contributed by atoms with Gasteiger partial charge in [-0.1, -0.05) is 0 Å². The molecule has 2 rings (SSSR count). The Kier molecular flexibility index (Phi) is 3.23. The van der Waals surface area contributed by atoms with Crippen LogP contribution in [0.1, 0.15) is 37.3 Å². The molecule has 0 radical (unpaired) electrons. The van der Waals surface area contributed by atoms with E-state index in [4.69, 9.17) is 4.42 Å². The van der Waals surface area contributed by atoms with Crippen LogP contribution in [0.25, 0.3) is 0 Å². The molecule has 2 heterocycles. The van der Waals surface area contributed by atoms with Crippen molar-refractivity contribution in [2.45, 2.75) is 25.9 Å². The highest BCUT2D eigenvalue weighted by molar-refractivity contribution is 7.07. The lowest BCUT2D eigenvalue weighted by atomic mass is 10.1. The van der Waals surface area contributed by atoms with E-state index in [-0.39, 0.29) is 6.04 Å².